The van der Waals surface area contributed by atoms with Crippen molar-refractivity contribution in [1.29, 1.82) is 0 Å². The first-order valence-corrected chi connectivity index (χ1v) is 6.60. The Balaban J connectivity index is 2.66. The first-order chi connectivity index (χ1) is 6.74. The Morgan fingerprint density at radius 2 is 2.43 bits per heavy atom. The highest BCUT2D eigenvalue weighted by Gasteiger charge is 2.03. The van der Waals surface area contributed by atoms with Crippen LogP contribution in [0.25, 0.3) is 4.91 Å². The SMILES string of the molecule is C=C/C=C(\SCC(C)C)c1cccs1. The van der Waals surface area contributed by atoms with Crippen molar-refractivity contribution < 1.29 is 0 Å². The maximum Gasteiger partial charge on any atom is 0.0406 e. The van der Waals surface area contributed by atoms with Crippen LogP contribution in [-0.4, -0.2) is 5.75 Å². The summed E-state index contributed by atoms with van der Waals surface area (Å²) >= 11 is 3.70. The lowest BCUT2D eigenvalue weighted by atomic mass is 10.3. The van der Waals surface area contributed by atoms with Gasteiger partial charge >= 0.3 is 0 Å². The van der Waals surface area contributed by atoms with E-state index in [0.29, 0.717) is 0 Å². The molecule has 1 aromatic heterocycles. The predicted octanol–water partition coefficient (Wildman–Crippen LogP) is 4.66. The number of hydrogen-bond acceptors (Lipinski definition) is 2. The van der Waals surface area contributed by atoms with Crippen LogP contribution < -0.4 is 0 Å². The predicted molar refractivity (Wildman–Crippen MR) is 69.8 cm³/mol. The van der Waals surface area contributed by atoms with Gasteiger partial charge in [0.15, 0.2) is 0 Å². The first kappa shape index (κ1) is 11.6. The number of allylic oxidation sites excluding steroid dienone is 2. The van der Waals surface area contributed by atoms with Gasteiger partial charge in [0.05, 0.1) is 0 Å². The summed E-state index contributed by atoms with van der Waals surface area (Å²) in [7, 11) is 0. The van der Waals surface area contributed by atoms with Crippen LogP contribution in [0.3, 0.4) is 0 Å². The highest BCUT2D eigenvalue weighted by atomic mass is 32.2. The summed E-state index contributed by atoms with van der Waals surface area (Å²) in [5.74, 6) is 1.89. The summed E-state index contributed by atoms with van der Waals surface area (Å²) in [6.07, 6.45) is 3.96. The second-order valence-corrected chi connectivity index (χ2v) is 5.46. The van der Waals surface area contributed by atoms with Crippen molar-refractivity contribution in [3.05, 3.63) is 41.1 Å². The van der Waals surface area contributed by atoms with Gasteiger partial charge in [0, 0.05) is 15.5 Å². The van der Waals surface area contributed by atoms with Crippen LogP contribution in [0.5, 0.6) is 0 Å². The quantitative estimate of drug-likeness (QED) is 0.655. The Hall–Kier alpha value is -0.470. The molecule has 0 aliphatic carbocycles. The van der Waals surface area contributed by atoms with Gasteiger partial charge in [0.1, 0.15) is 0 Å². The topological polar surface area (TPSA) is 0 Å². The van der Waals surface area contributed by atoms with Crippen LogP contribution in [0.15, 0.2) is 36.2 Å². The highest BCUT2D eigenvalue weighted by molar-refractivity contribution is 8.08. The molecule has 0 unspecified atom stereocenters. The number of thioether (sulfide) groups is 1. The average Bonchev–Trinajstić information content (AvgIpc) is 2.64. The van der Waals surface area contributed by atoms with E-state index in [-0.39, 0.29) is 0 Å². The molecule has 0 nitrogen and oxygen atoms in total. The Morgan fingerprint density at radius 3 is 2.93 bits per heavy atom. The molecule has 0 bridgehead atoms. The summed E-state index contributed by atoms with van der Waals surface area (Å²) in [4.78, 5) is 2.68. The third-order valence-electron chi connectivity index (χ3n) is 1.61. The standard InChI is InChI=1S/C12H16S2/c1-4-6-11(14-9-10(2)3)12-7-5-8-13-12/h4-8,10H,1,9H2,2-3H3/b11-6-. The van der Waals surface area contributed by atoms with Crippen LogP contribution in [-0.2, 0) is 0 Å². The maximum atomic E-state index is 3.75. The van der Waals surface area contributed by atoms with Gasteiger partial charge in [-0.25, -0.2) is 0 Å². The molecule has 76 valence electrons. The largest absolute Gasteiger partial charge is 0.143 e. The Kier molecular flexibility index (Phi) is 5.05. The first-order valence-electron chi connectivity index (χ1n) is 4.73. The van der Waals surface area contributed by atoms with E-state index >= 15 is 0 Å². The van der Waals surface area contributed by atoms with Crippen LogP contribution >= 0.6 is 23.1 Å². The number of thiophene rings is 1. The van der Waals surface area contributed by atoms with Gasteiger partial charge in [-0.3, -0.25) is 0 Å². The molecule has 1 heterocycles. The average molecular weight is 224 g/mol. The molecule has 1 rings (SSSR count). The van der Waals surface area contributed by atoms with Crippen molar-refractivity contribution >= 4 is 28.0 Å². The number of hydrogen-bond donors (Lipinski definition) is 0. The molecule has 0 saturated carbocycles. The van der Waals surface area contributed by atoms with E-state index in [1.807, 2.05) is 17.8 Å². The lowest BCUT2D eigenvalue weighted by molar-refractivity contribution is 0.752. The lowest BCUT2D eigenvalue weighted by Crippen LogP contribution is -1.90. The van der Waals surface area contributed by atoms with E-state index < -0.39 is 0 Å². The zero-order chi connectivity index (χ0) is 10.4. The molecule has 0 aliphatic rings. The molecule has 0 saturated heterocycles. The van der Waals surface area contributed by atoms with E-state index in [4.69, 9.17) is 0 Å². The van der Waals surface area contributed by atoms with Gasteiger partial charge in [-0.2, -0.15) is 0 Å². The molecule has 0 radical (unpaired) electrons. The van der Waals surface area contributed by atoms with Crippen molar-refractivity contribution in [2.24, 2.45) is 5.92 Å². The molecule has 0 N–H and O–H groups in total. The molecule has 1 aromatic rings. The van der Waals surface area contributed by atoms with Gasteiger partial charge in [-0.1, -0.05) is 32.6 Å². The monoisotopic (exact) mass is 224 g/mol. The molecule has 0 spiro atoms. The lowest BCUT2D eigenvalue weighted by Gasteiger charge is -2.06. The van der Waals surface area contributed by atoms with Crippen molar-refractivity contribution in [3.63, 3.8) is 0 Å². The van der Waals surface area contributed by atoms with Crippen molar-refractivity contribution in [2.45, 2.75) is 13.8 Å². The summed E-state index contributed by atoms with van der Waals surface area (Å²) in [6.45, 7) is 8.24. The fourth-order valence-corrected chi connectivity index (χ4v) is 2.87. The minimum atomic E-state index is 0.730. The Bertz CT molecular complexity index is 294. The van der Waals surface area contributed by atoms with Crippen LogP contribution in [0, 0.1) is 5.92 Å². The van der Waals surface area contributed by atoms with E-state index in [1.165, 1.54) is 9.78 Å². The van der Waals surface area contributed by atoms with E-state index in [1.54, 1.807) is 11.3 Å². The van der Waals surface area contributed by atoms with E-state index in [0.717, 1.165) is 11.7 Å². The molecule has 0 aromatic carbocycles. The van der Waals surface area contributed by atoms with Crippen LogP contribution in [0.4, 0.5) is 0 Å². The van der Waals surface area contributed by atoms with Crippen molar-refractivity contribution in [2.75, 3.05) is 5.75 Å². The van der Waals surface area contributed by atoms with Crippen molar-refractivity contribution in [1.82, 2.24) is 0 Å². The molecule has 0 atom stereocenters. The van der Waals surface area contributed by atoms with Gasteiger partial charge in [0.2, 0.25) is 0 Å². The number of rotatable bonds is 5. The minimum Gasteiger partial charge on any atom is -0.143 e. The summed E-state index contributed by atoms with van der Waals surface area (Å²) in [6, 6.07) is 4.25. The zero-order valence-electron chi connectivity index (χ0n) is 8.69. The van der Waals surface area contributed by atoms with E-state index in [9.17, 15) is 0 Å². The second-order valence-electron chi connectivity index (χ2n) is 3.45. The molecule has 2 heteroatoms. The fourth-order valence-electron chi connectivity index (χ4n) is 0.984. The van der Waals surface area contributed by atoms with Crippen LogP contribution in [0.2, 0.25) is 0 Å². The zero-order valence-corrected chi connectivity index (χ0v) is 10.3. The molecular weight excluding hydrogens is 208 g/mol. The Morgan fingerprint density at radius 1 is 1.64 bits per heavy atom. The van der Waals surface area contributed by atoms with E-state index in [2.05, 4.69) is 44.0 Å². The highest BCUT2D eigenvalue weighted by Crippen LogP contribution is 2.31. The molecular formula is C12H16S2. The van der Waals surface area contributed by atoms with Gasteiger partial charge in [-0.15, -0.1) is 23.1 Å². The molecule has 14 heavy (non-hydrogen) atoms. The maximum absolute atomic E-state index is 3.75. The smallest absolute Gasteiger partial charge is 0.0406 e. The molecule has 0 fully saturated rings. The summed E-state index contributed by atoms with van der Waals surface area (Å²) in [5, 5.41) is 2.11. The van der Waals surface area contributed by atoms with Crippen LogP contribution in [0.1, 0.15) is 18.7 Å². The third kappa shape index (κ3) is 3.72. The Labute approximate surface area is 94.7 Å². The normalized spacial score (nSPS) is 12.1. The molecule has 0 amide bonds. The van der Waals surface area contributed by atoms with Gasteiger partial charge in [-0.05, 0) is 23.4 Å². The molecule has 0 aliphatic heterocycles. The minimum absolute atomic E-state index is 0.730. The van der Waals surface area contributed by atoms with Gasteiger partial charge in [0.25, 0.3) is 0 Å². The van der Waals surface area contributed by atoms with Gasteiger partial charge < -0.3 is 0 Å². The third-order valence-corrected chi connectivity index (χ3v) is 4.14. The fraction of sp³-hybridized carbons (Fsp3) is 0.333. The second kappa shape index (κ2) is 6.10. The van der Waals surface area contributed by atoms with Crippen molar-refractivity contribution in [3.8, 4) is 0 Å². The summed E-state index contributed by atoms with van der Waals surface area (Å²) < 4.78 is 0. The summed E-state index contributed by atoms with van der Waals surface area (Å²) in [5.41, 5.74) is 0.